The highest BCUT2D eigenvalue weighted by Gasteiger charge is 2.04. The van der Waals surface area contributed by atoms with Crippen LogP contribution in [0.1, 0.15) is 51.4 Å². The molecular weight excluding hydrogens is 148 g/mol. The molecule has 1 rings (SSSR count). The van der Waals surface area contributed by atoms with Crippen molar-refractivity contribution < 1.29 is 5.11 Å². The highest BCUT2D eigenvalue weighted by atomic mass is 16.2. The number of aliphatic hydroxyl groups excluding tert-OH is 1. The maximum Gasteiger partial charge on any atom is 0.0431 e. The van der Waals surface area contributed by atoms with Gasteiger partial charge in [0, 0.05) is 6.61 Å². The van der Waals surface area contributed by atoms with Crippen LogP contribution in [0.5, 0.6) is 0 Å². The summed E-state index contributed by atoms with van der Waals surface area (Å²) in [5.41, 5.74) is 1.68. The molecule has 0 spiro atoms. The molecule has 0 aromatic rings. The van der Waals surface area contributed by atoms with Crippen molar-refractivity contribution in [2.75, 3.05) is 6.61 Å². The predicted molar refractivity (Wildman–Crippen MR) is 52.1 cm³/mol. The number of rotatable bonds is 5. The standard InChI is InChI=1S/C11H20O/c12-10-6-2-1-3-7-11-8-4-5-9-11/h7,12H,1-6,8-10H2. The monoisotopic (exact) mass is 168 g/mol. The summed E-state index contributed by atoms with van der Waals surface area (Å²) >= 11 is 0. The van der Waals surface area contributed by atoms with Gasteiger partial charge in [-0.15, -0.1) is 0 Å². The van der Waals surface area contributed by atoms with Gasteiger partial charge in [0.05, 0.1) is 0 Å². The van der Waals surface area contributed by atoms with Gasteiger partial charge < -0.3 is 5.11 Å². The van der Waals surface area contributed by atoms with Gasteiger partial charge in [-0.25, -0.2) is 0 Å². The van der Waals surface area contributed by atoms with Crippen molar-refractivity contribution in [2.45, 2.75) is 51.4 Å². The molecule has 70 valence electrons. The van der Waals surface area contributed by atoms with E-state index in [1.165, 1.54) is 44.9 Å². The molecule has 0 aromatic heterocycles. The van der Waals surface area contributed by atoms with Crippen LogP contribution in [0.3, 0.4) is 0 Å². The maximum atomic E-state index is 8.56. The number of allylic oxidation sites excluding steroid dienone is 2. The Balaban J connectivity index is 1.96. The van der Waals surface area contributed by atoms with Crippen LogP contribution in [0.15, 0.2) is 11.6 Å². The highest BCUT2D eigenvalue weighted by Crippen LogP contribution is 2.24. The van der Waals surface area contributed by atoms with Gasteiger partial charge in [-0.2, -0.15) is 0 Å². The fourth-order valence-electron chi connectivity index (χ4n) is 1.77. The van der Waals surface area contributed by atoms with Crippen molar-refractivity contribution in [1.82, 2.24) is 0 Å². The first kappa shape index (κ1) is 9.79. The second-order valence-electron chi connectivity index (χ2n) is 3.64. The summed E-state index contributed by atoms with van der Waals surface area (Å²) in [6, 6.07) is 0. The molecule has 1 nitrogen and oxygen atoms in total. The third kappa shape index (κ3) is 3.91. The largest absolute Gasteiger partial charge is 0.396 e. The first-order valence-corrected chi connectivity index (χ1v) is 5.22. The molecule has 1 N–H and O–H groups in total. The van der Waals surface area contributed by atoms with Gasteiger partial charge in [-0.05, 0) is 44.9 Å². The number of unbranched alkanes of at least 4 members (excludes halogenated alkanes) is 3. The average Bonchev–Trinajstić information content (AvgIpc) is 2.57. The first-order valence-electron chi connectivity index (χ1n) is 5.22. The van der Waals surface area contributed by atoms with E-state index in [0.717, 1.165) is 6.42 Å². The number of aliphatic hydroxyl groups is 1. The summed E-state index contributed by atoms with van der Waals surface area (Å²) in [7, 11) is 0. The zero-order chi connectivity index (χ0) is 8.65. The Morgan fingerprint density at radius 3 is 2.50 bits per heavy atom. The first-order chi connectivity index (χ1) is 5.93. The molecule has 1 fully saturated rings. The van der Waals surface area contributed by atoms with Crippen LogP contribution in [0.4, 0.5) is 0 Å². The highest BCUT2D eigenvalue weighted by molar-refractivity contribution is 5.05. The predicted octanol–water partition coefficient (Wildman–Crippen LogP) is 3.04. The number of hydrogen-bond donors (Lipinski definition) is 1. The third-order valence-electron chi connectivity index (χ3n) is 2.54. The molecule has 0 bridgehead atoms. The van der Waals surface area contributed by atoms with Crippen LogP contribution in [-0.2, 0) is 0 Å². The minimum Gasteiger partial charge on any atom is -0.396 e. The van der Waals surface area contributed by atoms with Crippen LogP contribution in [0.2, 0.25) is 0 Å². The summed E-state index contributed by atoms with van der Waals surface area (Å²) in [5, 5.41) is 8.56. The lowest BCUT2D eigenvalue weighted by atomic mass is 10.1. The van der Waals surface area contributed by atoms with Crippen molar-refractivity contribution in [3.63, 3.8) is 0 Å². The topological polar surface area (TPSA) is 20.2 Å². The van der Waals surface area contributed by atoms with E-state index in [2.05, 4.69) is 6.08 Å². The van der Waals surface area contributed by atoms with Crippen LogP contribution in [-0.4, -0.2) is 11.7 Å². The van der Waals surface area contributed by atoms with Crippen LogP contribution >= 0.6 is 0 Å². The second kappa shape index (κ2) is 6.24. The molecule has 0 aromatic carbocycles. The van der Waals surface area contributed by atoms with Crippen LogP contribution in [0, 0.1) is 0 Å². The summed E-state index contributed by atoms with van der Waals surface area (Å²) < 4.78 is 0. The molecule has 1 aliphatic carbocycles. The Bertz CT molecular complexity index is 130. The lowest BCUT2D eigenvalue weighted by Crippen LogP contribution is -1.82. The van der Waals surface area contributed by atoms with E-state index >= 15 is 0 Å². The second-order valence-corrected chi connectivity index (χ2v) is 3.64. The summed E-state index contributed by atoms with van der Waals surface area (Å²) in [6.07, 6.45) is 12.6. The zero-order valence-corrected chi connectivity index (χ0v) is 7.89. The van der Waals surface area contributed by atoms with Crippen molar-refractivity contribution in [3.05, 3.63) is 11.6 Å². The van der Waals surface area contributed by atoms with Crippen molar-refractivity contribution in [3.8, 4) is 0 Å². The molecule has 0 heterocycles. The molecule has 0 amide bonds. The maximum absolute atomic E-state index is 8.56. The lowest BCUT2D eigenvalue weighted by molar-refractivity contribution is 0.283. The summed E-state index contributed by atoms with van der Waals surface area (Å²) in [5.74, 6) is 0. The van der Waals surface area contributed by atoms with E-state index in [4.69, 9.17) is 5.11 Å². The van der Waals surface area contributed by atoms with Gasteiger partial charge in [0.2, 0.25) is 0 Å². The average molecular weight is 168 g/mol. The van der Waals surface area contributed by atoms with Crippen molar-refractivity contribution in [2.24, 2.45) is 0 Å². The SMILES string of the molecule is OCCCCCC=C1CCCC1. The summed E-state index contributed by atoms with van der Waals surface area (Å²) in [4.78, 5) is 0. The molecule has 0 unspecified atom stereocenters. The van der Waals surface area contributed by atoms with Gasteiger partial charge in [0.1, 0.15) is 0 Å². The zero-order valence-electron chi connectivity index (χ0n) is 7.89. The van der Waals surface area contributed by atoms with Crippen LogP contribution < -0.4 is 0 Å². The molecule has 1 aliphatic rings. The van der Waals surface area contributed by atoms with Gasteiger partial charge in [-0.3, -0.25) is 0 Å². The molecular formula is C11H20O. The quantitative estimate of drug-likeness (QED) is 0.494. The lowest BCUT2D eigenvalue weighted by Gasteiger charge is -1.96. The fraction of sp³-hybridized carbons (Fsp3) is 0.818. The molecule has 0 atom stereocenters. The van der Waals surface area contributed by atoms with Gasteiger partial charge >= 0.3 is 0 Å². The minimum atomic E-state index is 0.358. The third-order valence-corrected chi connectivity index (χ3v) is 2.54. The Morgan fingerprint density at radius 1 is 1.08 bits per heavy atom. The van der Waals surface area contributed by atoms with E-state index < -0.39 is 0 Å². The van der Waals surface area contributed by atoms with Crippen molar-refractivity contribution in [1.29, 1.82) is 0 Å². The van der Waals surface area contributed by atoms with E-state index in [0.29, 0.717) is 6.61 Å². The van der Waals surface area contributed by atoms with Gasteiger partial charge in [0.15, 0.2) is 0 Å². The van der Waals surface area contributed by atoms with E-state index in [1.807, 2.05) is 0 Å². The van der Waals surface area contributed by atoms with E-state index in [1.54, 1.807) is 5.57 Å². The molecule has 12 heavy (non-hydrogen) atoms. The Morgan fingerprint density at radius 2 is 1.83 bits per heavy atom. The Hall–Kier alpha value is -0.300. The van der Waals surface area contributed by atoms with Crippen LogP contribution in [0.25, 0.3) is 0 Å². The Kier molecular flexibility index (Phi) is 5.09. The van der Waals surface area contributed by atoms with Gasteiger partial charge in [0.25, 0.3) is 0 Å². The fourth-order valence-corrected chi connectivity index (χ4v) is 1.77. The summed E-state index contributed by atoms with van der Waals surface area (Å²) in [6.45, 7) is 0.358. The molecule has 1 saturated carbocycles. The number of hydrogen-bond acceptors (Lipinski definition) is 1. The van der Waals surface area contributed by atoms with Crippen molar-refractivity contribution >= 4 is 0 Å². The molecule has 0 saturated heterocycles. The van der Waals surface area contributed by atoms with E-state index in [-0.39, 0.29) is 0 Å². The molecule has 1 heteroatoms. The normalized spacial score (nSPS) is 16.9. The molecule has 0 radical (unpaired) electrons. The smallest absolute Gasteiger partial charge is 0.0431 e. The minimum absolute atomic E-state index is 0.358. The van der Waals surface area contributed by atoms with E-state index in [9.17, 15) is 0 Å². The van der Waals surface area contributed by atoms with Gasteiger partial charge in [-0.1, -0.05) is 18.1 Å². The molecule has 0 aliphatic heterocycles. The Labute approximate surface area is 75.5 Å².